The summed E-state index contributed by atoms with van der Waals surface area (Å²) < 4.78 is 31.6. The molecular formula is C42H54O10. The van der Waals surface area contributed by atoms with Crippen molar-refractivity contribution in [2.24, 2.45) is 0 Å². The van der Waals surface area contributed by atoms with Crippen molar-refractivity contribution in [3.63, 3.8) is 0 Å². The molecule has 0 fully saturated rings. The molecule has 0 unspecified atom stereocenters. The number of rotatable bonds is 24. The highest BCUT2D eigenvalue weighted by molar-refractivity contribution is 5.91. The van der Waals surface area contributed by atoms with Crippen molar-refractivity contribution in [1.29, 1.82) is 0 Å². The second-order valence-electron chi connectivity index (χ2n) is 11.2. The topological polar surface area (TPSA) is 124 Å². The highest BCUT2D eigenvalue weighted by Crippen LogP contribution is 2.18. The van der Waals surface area contributed by atoms with Gasteiger partial charge in [-0.25, -0.2) is 9.59 Å². The Labute approximate surface area is 308 Å². The predicted octanol–water partition coefficient (Wildman–Crippen LogP) is 8.22. The van der Waals surface area contributed by atoms with Crippen LogP contribution >= 0.6 is 0 Å². The molecule has 10 heteroatoms. The fourth-order valence-electron chi connectivity index (χ4n) is 4.31. The van der Waals surface area contributed by atoms with Crippen molar-refractivity contribution in [3.8, 4) is 17.2 Å². The van der Waals surface area contributed by atoms with E-state index in [1.807, 2.05) is 24.3 Å². The standard InChI is InChI=1S/C25H30O6.C14H20O3.C3H4O/c1-3-24(26)30-18-7-5-4-6-17-29-22-14-10-21(11-15-22)25(27)31-23-12-8-20(9-13-23)16-19-28-2;1-16-10-4-2-3-5-11-17-14-8-6-13(12-15)7-9-14;1-2-3-4/h3,8-15H,1,4-7,16-19H2,2H3;6-9,12H,2-5,10-11H2,1H3;2-3H,1H2. The van der Waals surface area contributed by atoms with Gasteiger partial charge < -0.3 is 28.4 Å². The van der Waals surface area contributed by atoms with E-state index in [4.69, 9.17) is 33.2 Å². The zero-order valence-corrected chi connectivity index (χ0v) is 30.6. The summed E-state index contributed by atoms with van der Waals surface area (Å²) in [4.78, 5) is 42.7. The molecule has 0 aliphatic heterocycles. The SMILES string of the molecule is C=CC(=O)OCCCCCCOc1ccc(C(=O)Oc2ccc(CCOC)cc2)cc1.C=CC=O.COCCCCCCOc1ccc(C=O)cc1. The van der Waals surface area contributed by atoms with Gasteiger partial charge in [-0.05, 0) is 124 Å². The number of carbonyl (C=O) groups excluding carboxylic acids is 4. The van der Waals surface area contributed by atoms with Gasteiger partial charge in [-0.15, -0.1) is 0 Å². The van der Waals surface area contributed by atoms with Crippen molar-refractivity contribution in [2.75, 3.05) is 47.3 Å². The Morgan fingerprint density at radius 3 is 1.56 bits per heavy atom. The van der Waals surface area contributed by atoms with E-state index in [0.717, 1.165) is 82.2 Å². The van der Waals surface area contributed by atoms with Gasteiger partial charge in [0.15, 0.2) is 0 Å². The Balaban J connectivity index is 0.000000539. The number of esters is 2. The minimum atomic E-state index is -0.409. The predicted molar refractivity (Wildman–Crippen MR) is 202 cm³/mol. The van der Waals surface area contributed by atoms with Crippen molar-refractivity contribution in [2.45, 2.75) is 57.8 Å². The molecule has 0 spiro atoms. The van der Waals surface area contributed by atoms with Crippen LogP contribution in [0.5, 0.6) is 17.2 Å². The van der Waals surface area contributed by atoms with E-state index in [-0.39, 0.29) is 5.97 Å². The normalized spacial score (nSPS) is 9.88. The molecule has 0 saturated heterocycles. The summed E-state index contributed by atoms with van der Waals surface area (Å²) in [7, 11) is 3.40. The second-order valence-corrected chi connectivity index (χ2v) is 11.2. The van der Waals surface area contributed by atoms with Gasteiger partial charge in [0.25, 0.3) is 0 Å². The number of unbranched alkanes of at least 4 members (excludes halogenated alkanes) is 6. The van der Waals surface area contributed by atoms with Gasteiger partial charge in [-0.2, -0.15) is 0 Å². The van der Waals surface area contributed by atoms with Crippen LogP contribution in [0.25, 0.3) is 0 Å². The summed E-state index contributed by atoms with van der Waals surface area (Å²) in [6, 6.07) is 21.5. The highest BCUT2D eigenvalue weighted by Gasteiger charge is 2.09. The largest absolute Gasteiger partial charge is 0.494 e. The number of benzene rings is 3. The minimum absolute atomic E-state index is 0.383. The molecule has 0 saturated carbocycles. The number of aldehydes is 2. The molecule has 0 N–H and O–H groups in total. The lowest BCUT2D eigenvalue weighted by Gasteiger charge is -2.08. The first-order valence-electron chi connectivity index (χ1n) is 17.5. The first kappa shape index (κ1) is 45.0. The third kappa shape index (κ3) is 22.6. The number of allylic oxidation sites excluding steroid dienone is 1. The van der Waals surface area contributed by atoms with Crippen LogP contribution in [-0.4, -0.2) is 71.8 Å². The van der Waals surface area contributed by atoms with E-state index in [2.05, 4.69) is 13.2 Å². The molecule has 3 rings (SSSR count). The highest BCUT2D eigenvalue weighted by atomic mass is 16.5. The molecular weight excluding hydrogens is 664 g/mol. The maximum absolute atomic E-state index is 12.3. The summed E-state index contributed by atoms with van der Waals surface area (Å²) in [6.45, 7) is 9.70. The monoisotopic (exact) mass is 718 g/mol. The van der Waals surface area contributed by atoms with Crippen LogP contribution in [0, 0.1) is 0 Å². The number of hydrogen-bond acceptors (Lipinski definition) is 10. The van der Waals surface area contributed by atoms with Gasteiger partial charge in [-0.3, -0.25) is 9.59 Å². The first-order chi connectivity index (χ1) is 25.4. The lowest BCUT2D eigenvalue weighted by Crippen LogP contribution is -2.08. The average Bonchev–Trinajstić information content (AvgIpc) is 3.19. The number of hydrogen-bond donors (Lipinski definition) is 0. The number of ether oxygens (including phenoxy) is 6. The van der Waals surface area contributed by atoms with E-state index in [1.54, 1.807) is 62.8 Å². The molecule has 3 aromatic carbocycles. The molecule has 0 aromatic heterocycles. The van der Waals surface area contributed by atoms with Crippen LogP contribution < -0.4 is 14.2 Å². The van der Waals surface area contributed by atoms with E-state index in [0.29, 0.717) is 48.7 Å². The smallest absolute Gasteiger partial charge is 0.343 e. The molecule has 0 radical (unpaired) electrons. The van der Waals surface area contributed by atoms with E-state index in [9.17, 15) is 14.4 Å². The van der Waals surface area contributed by atoms with Crippen LogP contribution in [0.3, 0.4) is 0 Å². The zero-order valence-electron chi connectivity index (χ0n) is 30.6. The van der Waals surface area contributed by atoms with Crippen LogP contribution in [0.1, 0.15) is 77.6 Å². The summed E-state index contributed by atoms with van der Waals surface area (Å²) >= 11 is 0. The minimum Gasteiger partial charge on any atom is -0.494 e. The molecule has 0 aliphatic carbocycles. The Bertz CT molecular complexity index is 1390. The van der Waals surface area contributed by atoms with Crippen molar-refractivity contribution >= 4 is 24.5 Å². The lowest BCUT2D eigenvalue weighted by molar-refractivity contribution is -0.137. The number of methoxy groups -OCH3 is 2. The lowest BCUT2D eigenvalue weighted by atomic mass is 10.1. The van der Waals surface area contributed by atoms with Gasteiger partial charge in [0.05, 0.1) is 32.0 Å². The summed E-state index contributed by atoms with van der Waals surface area (Å²) in [5, 5.41) is 0. The summed E-state index contributed by atoms with van der Waals surface area (Å²) in [5.41, 5.74) is 2.26. The summed E-state index contributed by atoms with van der Waals surface area (Å²) in [6.07, 6.45) is 12.8. The molecule has 0 amide bonds. The van der Waals surface area contributed by atoms with E-state index >= 15 is 0 Å². The third-order valence-electron chi connectivity index (χ3n) is 7.16. The maximum atomic E-state index is 12.3. The van der Waals surface area contributed by atoms with E-state index in [1.165, 1.54) is 18.6 Å². The van der Waals surface area contributed by atoms with Crippen molar-refractivity contribution in [1.82, 2.24) is 0 Å². The van der Waals surface area contributed by atoms with Crippen LogP contribution in [0.15, 0.2) is 98.1 Å². The Morgan fingerprint density at radius 1 is 0.596 bits per heavy atom. The van der Waals surface area contributed by atoms with E-state index < -0.39 is 5.97 Å². The first-order valence-corrected chi connectivity index (χ1v) is 17.5. The van der Waals surface area contributed by atoms with Gasteiger partial charge in [0.1, 0.15) is 29.8 Å². The molecule has 0 aliphatic rings. The fourth-order valence-corrected chi connectivity index (χ4v) is 4.31. The van der Waals surface area contributed by atoms with Crippen LogP contribution in [0.2, 0.25) is 0 Å². The van der Waals surface area contributed by atoms with Gasteiger partial charge >= 0.3 is 11.9 Å². The Hall–Kier alpha value is -5.06. The van der Waals surface area contributed by atoms with Crippen molar-refractivity contribution < 1.29 is 47.6 Å². The quantitative estimate of drug-likeness (QED) is 0.0294. The number of carbonyl (C=O) groups is 4. The van der Waals surface area contributed by atoms with Gasteiger partial charge in [0.2, 0.25) is 0 Å². The average molecular weight is 719 g/mol. The van der Waals surface area contributed by atoms with Crippen molar-refractivity contribution in [3.05, 3.63) is 115 Å². The summed E-state index contributed by atoms with van der Waals surface area (Å²) in [5.74, 6) is 1.25. The second kappa shape index (κ2) is 30.7. The molecule has 3 aromatic rings. The third-order valence-corrected chi connectivity index (χ3v) is 7.16. The molecule has 10 nitrogen and oxygen atoms in total. The van der Waals surface area contributed by atoms with Gasteiger partial charge in [-0.1, -0.05) is 31.7 Å². The zero-order chi connectivity index (χ0) is 38.1. The molecule has 52 heavy (non-hydrogen) atoms. The van der Waals surface area contributed by atoms with Crippen LogP contribution in [-0.2, 0) is 30.2 Å². The Morgan fingerprint density at radius 2 is 1.08 bits per heavy atom. The fraction of sp³-hybridized carbons (Fsp3) is 0.381. The molecule has 0 heterocycles. The van der Waals surface area contributed by atoms with Gasteiger partial charge in [0, 0.05) is 32.5 Å². The molecule has 282 valence electrons. The Kier molecular flexibility index (Phi) is 26.6. The van der Waals surface area contributed by atoms with Crippen LogP contribution in [0.4, 0.5) is 0 Å². The molecule has 0 atom stereocenters. The molecule has 0 bridgehead atoms. The maximum Gasteiger partial charge on any atom is 0.343 e.